The third kappa shape index (κ3) is 6.71. The summed E-state index contributed by atoms with van der Waals surface area (Å²) in [4.78, 5) is 0. The zero-order valence-corrected chi connectivity index (χ0v) is 39.4. The minimum atomic E-state index is -2.14. The first kappa shape index (κ1) is 39.4. The third-order valence-electron chi connectivity index (χ3n) is 14.9. The molecule has 0 saturated heterocycles. The van der Waals surface area contributed by atoms with Crippen LogP contribution in [0.2, 0.25) is 63.0 Å². The second kappa shape index (κ2) is 14.2. The molecule has 2 fully saturated rings. The van der Waals surface area contributed by atoms with Gasteiger partial charge in [-0.1, -0.05) is 155 Å². The van der Waals surface area contributed by atoms with E-state index in [1.165, 1.54) is 42.9 Å². The van der Waals surface area contributed by atoms with Crippen molar-refractivity contribution in [3.8, 4) is 0 Å². The van der Waals surface area contributed by atoms with Gasteiger partial charge in [0.25, 0.3) is 0 Å². The number of hydrogen-bond acceptors (Lipinski definition) is 3. The lowest BCUT2D eigenvalue weighted by Gasteiger charge is -2.48. The maximum absolute atomic E-state index is 6.19. The Morgan fingerprint density at radius 2 is 0.982 bits per heavy atom. The molecule has 0 aromatic heterocycles. The molecule has 0 N–H and O–H groups in total. The molecule has 2 aliphatic heterocycles. The molecule has 0 radical (unpaired) electrons. The summed E-state index contributed by atoms with van der Waals surface area (Å²) in [5.74, 6) is 3.55. The van der Waals surface area contributed by atoms with E-state index in [1.807, 2.05) is 0 Å². The number of unbranched alkanes of at least 4 members (excludes halogenated alkanes) is 3. The van der Waals surface area contributed by atoms with Crippen LogP contribution in [0.3, 0.4) is 0 Å². The fourth-order valence-electron chi connectivity index (χ4n) is 13.3. The second-order valence-electron chi connectivity index (χ2n) is 21.8. The Bertz CT molecular complexity index is 1770. The van der Waals surface area contributed by atoms with Crippen molar-refractivity contribution in [2.45, 2.75) is 153 Å². The molecule has 0 bridgehead atoms. The third-order valence-corrected chi connectivity index (χ3v) is 24.8. The van der Waals surface area contributed by atoms with Gasteiger partial charge in [0.15, 0.2) is 0 Å². The van der Waals surface area contributed by atoms with E-state index in [-0.39, 0.29) is 5.60 Å². The van der Waals surface area contributed by atoms with Crippen molar-refractivity contribution in [1.82, 2.24) is 0 Å². The van der Waals surface area contributed by atoms with Crippen molar-refractivity contribution in [1.29, 1.82) is 0 Å². The van der Waals surface area contributed by atoms with Gasteiger partial charge in [0, 0.05) is 53.7 Å². The summed E-state index contributed by atoms with van der Waals surface area (Å²) in [6.45, 7) is 30.8. The van der Waals surface area contributed by atoms with Crippen LogP contribution in [0.15, 0.2) is 85.0 Å². The number of benzene rings is 2. The molecule has 2 aromatic carbocycles. The summed E-state index contributed by atoms with van der Waals surface area (Å²) in [5, 5.41) is 0. The van der Waals surface area contributed by atoms with Crippen molar-refractivity contribution < 1.29 is 4.74 Å². The summed E-state index contributed by atoms with van der Waals surface area (Å²) in [6, 6.07) is 17.7. The molecule has 2 saturated carbocycles. The van der Waals surface area contributed by atoms with Gasteiger partial charge in [0.1, 0.15) is 16.5 Å². The zero-order chi connectivity index (χ0) is 39.2. The Morgan fingerprint density at radius 3 is 1.40 bits per heavy atom. The fourth-order valence-corrected chi connectivity index (χ4v) is 24.6. The highest BCUT2D eigenvalue weighted by Gasteiger charge is 2.69. The predicted molar refractivity (Wildman–Crippen MR) is 246 cm³/mol. The Morgan fingerprint density at radius 1 is 0.564 bits per heavy atom. The molecule has 4 aliphatic carbocycles. The van der Waals surface area contributed by atoms with Crippen LogP contribution in [0, 0.1) is 37.5 Å². The summed E-state index contributed by atoms with van der Waals surface area (Å²) in [5.41, 5.74) is 10.8. The SMILES string of the molecule is Cc1ccc2c(c1)C1C(C3C=CC=CC3C1[Si](C)(CCCCCCOC(C)(C)C)C1C3C=CC=CC3C3C1c1cc(C)ccc1N3[Si](C)(C)C)N2[Si](C)(C)C. The van der Waals surface area contributed by atoms with Crippen LogP contribution < -0.4 is 9.13 Å². The Labute approximate surface area is 338 Å². The Hall–Kier alpha value is -2.39. The Kier molecular flexibility index (Phi) is 10.2. The average molecular weight is 789 g/mol. The van der Waals surface area contributed by atoms with Crippen LogP contribution in [-0.4, -0.2) is 48.8 Å². The van der Waals surface area contributed by atoms with E-state index in [4.69, 9.17) is 4.74 Å². The minimum absolute atomic E-state index is 0.0556. The second-order valence-corrected chi connectivity index (χ2v) is 36.3. The molecular formula is C49H72N2OSi3. The molecular weight excluding hydrogens is 717 g/mol. The first-order chi connectivity index (χ1) is 25.9. The molecule has 6 aliphatic rings. The van der Waals surface area contributed by atoms with Crippen molar-refractivity contribution >= 4 is 35.9 Å². The lowest BCUT2D eigenvalue weighted by atomic mass is 9.89. The summed E-state index contributed by atoms with van der Waals surface area (Å²) in [7, 11) is -5.56. The smallest absolute Gasteiger partial charge is 0.147 e. The van der Waals surface area contributed by atoms with E-state index in [0.717, 1.165) is 6.61 Å². The van der Waals surface area contributed by atoms with E-state index >= 15 is 0 Å². The molecule has 10 atom stereocenters. The molecule has 3 nitrogen and oxygen atoms in total. The lowest BCUT2D eigenvalue weighted by molar-refractivity contribution is -0.00471. The first-order valence-corrected chi connectivity index (χ1v) is 31.8. The molecule has 10 unspecified atom stereocenters. The van der Waals surface area contributed by atoms with Gasteiger partial charge in [0.2, 0.25) is 0 Å². The topological polar surface area (TPSA) is 15.7 Å². The lowest BCUT2D eigenvalue weighted by Crippen LogP contribution is -2.53. The van der Waals surface area contributed by atoms with Crippen LogP contribution in [0.1, 0.15) is 80.5 Å². The zero-order valence-electron chi connectivity index (χ0n) is 36.4. The van der Waals surface area contributed by atoms with Gasteiger partial charge in [-0.05, 0) is 87.2 Å². The molecule has 0 spiro atoms. The number of allylic oxidation sites excluding steroid dienone is 6. The summed E-state index contributed by atoms with van der Waals surface area (Å²) >= 11 is 0. The highest BCUT2D eigenvalue weighted by molar-refractivity contribution is 6.83. The van der Waals surface area contributed by atoms with E-state index in [1.54, 1.807) is 22.5 Å². The largest absolute Gasteiger partial charge is 0.394 e. The van der Waals surface area contributed by atoms with Gasteiger partial charge < -0.3 is 13.9 Å². The fraction of sp³-hybridized carbons (Fsp3) is 0.592. The number of anilines is 2. The number of ether oxygens (including phenoxy) is 1. The molecule has 296 valence electrons. The maximum atomic E-state index is 6.19. The van der Waals surface area contributed by atoms with E-state index in [2.05, 4.69) is 175 Å². The van der Waals surface area contributed by atoms with Gasteiger partial charge in [-0.3, -0.25) is 0 Å². The van der Waals surface area contributed by atoms with Gasteiger partial charge in [-0.2, -0.15) is 0 Å². The number of aryl methyl sites for hydroxylation is 2. The van der Waals surface area contributed by atoms with Crippen LogP contribution in [0.5, 0.6) is 0 Å². The number of nitrogens with zero attached hydrogens (tertiary/aromatic N) is 2. The normalized spacial score (nSPS) is 32.7. The summed E-state index contributed by atoms with van der Waals surface area (Å²) in [6.07, 6.45) is 25.6. The van der Waals surface area contributed by atoms with Gasteiger partial charge in [-0.15, -0.1) is 0 Å². The van der Waals surface area contributed by atoms with E-state index < -0.39 is 24.5 Å². The van der Waals surface area contributed by atoms with Crippen molar-refractivity contribution in [3.05, 3.63) is 107 Å². The van der Waals surface area contributed by atoms with E-state index in [0.29, 0.717) is 58.7 Å². The van der Waals surface area contributed by atoms with E-state index in [9.17, 15) is 0 Å². The molecule has 0 amide bonds. The Balaban J connectivity index is 1.28. The van der Waals surface area contributed by atoms with Gasteiger partial charge in [-0.25, -0.2) is 0 Å². The van der Waals surface area contributed by atoms with Crippen LogP contribution in [0.4, 0.5) is 11.4 Å². The molecule has 6 heteroatoms. The molecule has 2 aromatic rings. The minimum Gasteiger partial charge on any atom is -0.394 e. The van der Waals surface area contributed by atoms with Gasteiger partial charge in [0.05, 0.1) is 13.7 Å². The maximum Gasteiger partial charge on any atom is 0.147 e. The standard InChI is InChI=1S/C49H72N2OSi3/c1-33-25-27-41-39(31-33)43-45(50(41)53(6,7)8)35-21-15-17-23-37(35)47(43)55(12,30-20-14-13-19-29-52-49(3,4)5)48-38-24-18-16-22-36(38)46-44(48)40-32-34(2)26-28-42(40)51(46)54(9,10)11/h15-18,21-28,31-32,35-38,43-48H,13-14,19-20,29-30H2,1-12H3. The number of rotatable bonds is 11. The van der Waals surface area contributed by atoms with Gasteiger partial charge >= 0.3 is 0 Å². The first-order valence-electron chi connectivity index (χ1n) is 22.1. The van der Waals surface area contributed by atoms with Crippen LogP contribution in [-0.2, 0) is 4.74 Å². The highest BCUT2D eigenvalue weighted by atomic mass is 28.3. The molecule has 55 heavy (non-hydrogen) atoms. The predicted octanol–water partition coefficient (Wildman–Crippen LogP) is 13.2. The molecule has 2 heterocycles. The van der Waals surface area contributed by atoms with Crippen molar-refractivity contribution in [2.75, 3.05) is 15.7 Å². The highest BCUT2D eigenvalue weighted by Crippen LogP contribution is 2.72. The van der Waals surface area contributed by atoms with Crippen molar-refractivity contribution in [3.63, 3.8) is 0 Å². The number of hydrogen-bond donors (Lipinski definition) is 0. The molecule has 8 rings (SSSR count). The average Bonchev–Trinajstić information content (AvgIpc) is 3.81. The quantitative estimate of drug-likeness (QED) is 0.167. The van der Waals surface area contributed by atoms with Crippen LogP contribution in [0.25, 0.3) is 0 Å². The van der Waals surface area contributed by atoms with Crippen LogP contribution >= 0.6 is 0 Å². The van der Waals surface area contributed by atoms with Crippen molar-refractivity contribution in [2.24, 2.45) is 23.7 Å². The summed E-state index contributed by atoms with van der Waals surface area (Å²) < 4.78 is 12.3. The number of fused-ring (bicyclic) bond motifs is 10. The monoisotopic (exact) mass is 788 g/mol.